The number of nitrogens with zero attached hydrogens (tertiary/aromatic N) is 3. The number of carbonyl (C=O) groups is 1. The van der Waals surface area contributed by atoms with Crippen molar-refractivity contribution in [3.05, 3.63) is 76.7 Å². The number of amides is 1. The average Bonchev–Trinajstić information content (AvgIpc) is 3.14. The molecule has 0 unspecified atom stereocenters. The molecular formula is C21H17BrN4O2. The van der Waals surface area contributed by atoms with E-state index >= 15 is 0 Å². The number of benzene rings is 2. The Morgan fingerprint density at radius 1 is 1.14 bits per heavy atom. The van der Waals surface area contributed by atoms with Gasteiger partial charge in [0.25, 0.3) is 5.91 Å². The van der Waals surface area contributed by atoms with Gasteiger partial charge in [-0.25, -0.2) is 9.50 Å². The monoisotopic (exact) mass is 436 g/mol. The van der Waals surface area contributed by atoms with Crippen molar-refractivity contribution < 1.29 is 9.53 Å². The summed E-state index contributed by atoms with van der Waals surface area (Å²) in [5, 5.41) is 7.31. The molecule has 7 heteroatoms. The maximum absolute atomic E-state index is 12.8. The Morgan fingerprint density at radius 3 is 2.68 bits per heavy atom. The van der Waals surface area contributed by atoms with Gasteiger partial charge in [0.2, 0.25) is 0 Å². The molecule has 2 aromatic heterocycles. The van der Waals surface area contributed by atoms with Gasteiger partial charge >= 0.3 is 0 Å². The van der Waals surface area contributed by atoms with Crippen LogP contribution in [0.2, 0.25) is 0 Å². The predicted octanol–water partition coefficient (Wildman–Crippen LogP) is 4.73. The number of ether oxygens (including phenoxy) is 1. The van der Waals surface area contributed by atoms with E-state index in [4.69, 9.17) is 4.74 Å². The van der Waals surface area contributed by atoms with Crippen LogP contribution in [-0.2, 0) is 0 Å². The molecule has 0 atom stereocenters. The SMILES string of the molecule is COc1cccc(NC(=O)c2cnc3c(-c4ccc(Br)cc4)cnn3c2C)c1. The highest BCUT2D eigenvalue weighted by atomic mass is 79.9. The number of halogens is 1. The van der Waals surface area contributed by atoms with E-state index in [0.29, 0.717) is 28.3 Å². The topological polar surface area (TPSA) is 68.5 Å². The summed E-state index contributed by atoms with van der Waals surface area (Å²) in [6, 6.07) is 15.2. The summed E-state index contributed by atoms with van der Waals surface area (Å²) < 4.78 is 7.90. The highest BCUT2D eigenvalue weighted by Crippen LogP contribution is 2.26. The molecule has 1 amide bonds. The smallest absolute Gasteiger partial charge is 0.259 e. The zero-order valence-corrected chi connectivity index (χ0v) is 16.9. The average molecular weight is 437 g/mol. The van der Waals surface area contributed by atoms with Crippen molar-refractivity contribution >= 4 is 33.2 Å². The van der Waals surface area contributed by atoms with Crippen molar-refractivity contribution in [1.29, 1.82) is 0 Å². The van der Waals surface area contributed by atoms with Crippen molar-refractivity contribution in [2.75, 3.05) is 12.4 Å². The molecule has 28 heavy (non-hydrogen) atoms. The third-order valence-corrected chi connectivity index (χ3v) is 5.02. The van der Waals surface area contributed by atoms with Gasteiger partial charge in [0, 0.05) is 28.0 Å². The molecule has 0 saturated carbocycles. The molecule has 140 valence electrons. The van der Waals surface area contributed by atoms with Gasteiger partial charge in [0.15, 0.2) is 5.65 Å². The molecule has 0 radical (unpaired) electrons. The quantitative estimate of drug-likeness (QED) is 0.502. The van der Waals surface area contributed by atoms with E-state index in [9.17, 15) is 4.79 Å². The second kappa shape index (κ2) is 7.44. The number of aryl methyl sites for hydroxylation is 1. The van der Waals surface area contributed by atoms with Gasteiger partial charge in [0.05, 0.1) is 24.6 Å². The first-order valence-corrected chi connectivity index (χ1v) is 9.41. The van der Waals surface area contributed by atoms with E-state index in [1.165, 1.54) is 0 Å². The standard InChI is InChI=1S/C21H17BrN4O2/c1-13-18(21(27)25-16-4-3-5-17(10-16)28-2)11-23-20-19(12-24-26(13)20)14-6-8-15(22)9-7-14/h3-12H,1-2H3,(H,25,27). The number of aromatic nitrogens is 3. The summed E-state index contributed by atoms with van der Waals surface area (Å²) in [5.41, 5.74) is 4.46. The van der Waals surface area contributed by atoms with Crippen LogP contribution in [0.1, 0.15) is 16.1 Å². The third-order valence-electron chi connectivity index (χ3n) is 4.49. The summed E-state index contributed by atoms with van der Waals surface area (Å²) in [6.45, 7) is 1.85. The molecule has 0 spiro atoms. The Labute approximate surface area is 170 Å². The lowest BCUT2D eigenvalue weighted by Crippen LogP contribution is -2.16. The van der Waals surface area contributed by atoms with Crippen LogP contribution in [0.4, 0.5) is 5.69 Å². The van der Waals surface area contributed by atoms with E-state index in [-0.39, 0.29) is 5.91 Å². The molecule has 4 aromatic rings. The van der Waals surface area contributed by atoms with Crippen LogP contribution in [0, 0.1) is 6.92 Å². The zero-order chi connectivity index (χ0) is 19.7. The lowest BCUT2D eigenvalue weighted by Gasteiger charge is -2.10. The Kier molecular flexibility index (Phi) is 4.83. The van der Waals surface area contributed by atoms with Crippen LogP contribution in [0.15, 0.2) is 65.4 Å². The highest BCUT2D eigenvalue weighted by Gasteiger charge is 2.16. The van der Waals surface area contributed by atoms with Crippen LogP contribution in [0.5, 0.6) is 5.75 Å². The summed E-state index contributed by atoms with van der Waals surface area (Å²) in [7, 11) is 1.59. The maximum atomic E-state index is 12.8. The molecule has 4 rings (SSSR count). The van der Waals surface area contributed by atoms with Crippen molar-refractivity contribution in [2.45, 2.75) is 6.92 Å². The number of hydrogen-bond donors (Lipinski definition) is 1. The fourth-order valence-corrected chi connectivity index (χ4v) is 3.26. The first-order chi connectivity index (χ1) is 13.6. The van der Waals surface area contributed by atoms with Crippen LogP contribution in [-0.4, -0.2) is 27.6 Å². The molecule has 1 N–H and O–H groups in total. The number of rotatable bonds is 4. The molecule has 0 aliphatic carbocycles. The van der Waals surface area contributed by atoms with Gasteiger partial charge in [-0.1, -0.05) is 34.1 Å². The molecule has 0 bridgehead atoms. The molecule has 0 aliphatic heterocycles. The van der Waals surface area contributed by atoms with Crippen molar-refractivity contribution in [1.82, 2.24) is 14.6 Å². The molecule has 2 heterocycles. The van der Waals surface area contributed by atoms with E-state index in [1.807, 2.05) is 43.3 Å². The summed E-state index contributed by atoms with van der Waals surface area (Å²) in [6.07, 6.45) is 3.35. The fraction of sp³-hybridized carbons (Fsp3) is 0.0952. The molecule has 6 nitrogen and oxygen atoms in total. The van der Waals surface area contributed by atoms with Crippen LogP contribution in [0.25, 0.3) is 16.8 Å². The number of methoxy groups -OCH3 is 1. The fourth-order valence-electron chi connectivity index (χ4n) is 3.00. The minimum atomic E-state index is -0.249. The Balaban J connectivity index is 1.68. The van der Waals surface area contributed by atoms with Crippen molar-refractivity contribution in [3.63, 3.8) is 0 Å². The maximum Gasteiger partial charge on any atom is 0.259 e. The van der Waals surface area contributed by atoms with Gasteiger partial charge in [0.1, 0.15) is 5.75 Å². The van der Waals surface area contributed by atoms with E-state index in [1.54, 1.807) is 36.2 Å². The number of carbonyl (C=O) groups excluding carboxylic acids is 1. The lowest BCUT2D eigenvalue weighted by molar-refractivity contribution is 0.102. The van der Waals surface area contributed by atoms with Gasteiger partial charge in [-0.3, -0.25) is 4.79 Å². The summed E-state index contributed by atoms with van der Waals surface area (Å²) >= 11 is 3.44. The van der Waals surface area contributed by atoms with E-state index in [2.05, 4.69) is 31.3 Å². The number of hydrogen-bond acceptors (Lipinski definition) is 4. The Morgan fingerprint density at radius 2 is 1.93 bits per heavy atom. The number of anilines is 1. The first kappa shape index (κ1) is 18.2. The van der Waals surface area contributed by atoms with E-state index in [0.717, 1.165) is 15.6 Å². The van der Waals surface area contributed by atoms with Crippen molar-refractivity contribution in [2.24, 2.45) is 0 Å². The van der Waals surface area contributed by atoms with Crippen LogP contribution < -0.4 is 10.1 Å². The minimum Gasteiger partial charge on any atom is -0.497 e. The number of nitrogens with one attached hydrogen (secondary N) is 1. The first-order valence-electron chi connectivity index (χ1n) is 8.61. The molecule has 0 saturated heterocycles. The summed E-state index contributed by atoms with van der Waals surface area (Å²) in [5.74, 6) is 0.426. The molecule has 2 aromatic carbocycles. The normalized spacial score (nSPS) is 10.8. The third kappa shape index (κ3) is 3.36. The largest absolute Gasteiger partial charge is 0.497 e. The minimum absolute atomic E-state index is 0.249. The Hall–Kier alpha value is -3.19. The van der Waals surface area contributed by atoms with Crippen LogP contribution in [0.3, 0.4) is 0 Å². The van der Waals surface area contributed by atoms with Gasteiger partial charge in [-0.15, -0.1) is 0 Å². The van der Waals surface area contributed by atoms with Crippen LogP contribution >= 0.6 is 15.9 Å². The second-order valence-electron chi connectivity index (χ2n) is 6.24. The van der Waals surface area contributed by atoms with Gasteiger partial charge in [-0.2, -0.15) is 5.10 Å². The zero-order valence-electron chi connectivity index (χ0n) is 15.3. The second-order valence-corrected chi connectivity index (χ2v) is 7.16. The highest BCUT2D eigenvalue weighted by molar-refractivity contribution is 9.10. The number of fused-ring (bicyclic) bond motifs is 1. The summed E-state index contributed by atoms with van der Waals surface area (Å²) in [4.78, 5) is 17.3. The lowest BCUT2D eigenvalue weighted by atomic mass is 10.1. The Bertz CT molecular complexity index is 1170. The molecule has 0 fully saturated rings. The van der Waals surface area contributed by atoms with E-state index < -0.39 is 0 Å². The van der Waals surface area contributed by atoms with Gasteiger partial charge < -0.3 is 10.1 Å². The predicted molar refractivity (Wildman–Crippen MR) is 112 cm³/mol. The van der Waals surface area contributed by atoms with Gasteiger partial charge in [-0.05, 0) is 36.8 Å². The molecule has 0 aliphatic rings. The van der Waals surface area contributed by atoms with Crippen molar-refractivity contribution in [3.8, 4) is 16.9 Å². The molecular weight excluding hydrogens is 420 g/mol.